The van der Waals surface area contributed by atoms with Crippen molar-refractivity contribution in [1.29, 1.82) is 0 Å². The lowest BCUT2D eigenvalue weighted by Crippen LogP contribution is -2.50. The van der Waals surface area contributed by atoms with Gasteiger partial charge in [-0.1, -0.05) is 0 Å². The van der Waals surface area contributed by atoms with E-state index in [1.54, 1.807) is 0 Å². The van der Waals surface area contributed by atoms with E-state index in [4.69, 9.17) is 16.2 Å². The third-order valence-corrected chi connectivity index (χ3v) is 3.18. The van der Waals surface area contributed by atoms with Crippen LogP contribution in [0.3, 0.4) is 0 Å². The molecule has 2 unspecified atom stereocenters. The molecular weight excluding hydrogens is 242 g/mol. The fourth-order valence-corrected chi connectivity index (χ4v) is 2.10. The predicted octanol–water partition coefficient (Wildman–Crippen LogP) is 1.08. The quantitative estimate of drug-likeness (QED) is 0.849. The molecule has 1 aromatic rings. The van der Waals surface area contributed by atoms with Crippen LogP contribution in [0.25, 0.3) is 0 Å². The summed E-state index contributed by atoms with van der Waals surface area (Å²) in [6.45, 7) is 0. The highest BCUT2D eigenvalue weighted by molar-refractivity contribution is 5.84. The number of carbonyl (C=O) groups excluding carboxylic acids is 1. The number of rotatable bonds is 3. The standard InChI is InChI=1S/C12H14F2N2O2/c13-7-1-2-9(14)10(5-7)18-8-3-4-12(16,6-8)11(15)17/h1-2,5,8H,3-4,6,16H2,(H2,15,17). The minimum atomic E-state index is -1.12. The minimum Gasteiger partial charge on any atom is -0.487 e. The van der Waals surface area contributed by atoms with Gasteiger partial charge in [-0.25, -0.2) is 8.78 Å². The molecule has 98 valence electrons. The number of ether oxygens (including phenoxy) is 1. The highest BCUT2D eigenvalue weighted by atomic mass is 19.1. The SMILES string of the molecule is NC(=O)C1(N)CCC(Oc2cc(F)ccc2F)C1. The van der Waals surface area contributed by atoms with E-state index in [-0.39, 0.29) is 12.2 Å². The molecule has 1 aliphatic rings. The Bertz CT molecular complexity index is 481. The van der Waals surface area contributed by atoms with Gasteiger partial charge in [-0.15, -0.1) is 0 Å². The van der Waals surface area contributed by atoms with E-state index in [2.05, 4.69) is 0 Å². The van der Waals surface area contributed by atoms with Gasteiger partial charge in [-0.05, 0) is 25.0 Å². The van der Waals surface area contributed by atoms with Gasteiger partial charge in [-0.3, -0.25) is 4.79 Å². The molecule has 1 fully saturated rings. The van der Waals surface area contributed by atoms with E-state index < -0.39 is 29.2 Å². The van der Waals surface area contributed by atoms with Crippen LogP contribution in [-0.4, -0.2) is 17.6 Å². The van der Waals surface area contributed by atoms with E-state index in [0.717, 1.165) is 18.2 Å². The molecule has 0 aromatic heterocycles. The molecule has 18 heavy (non-hydrogen) atoms. The van der Waals surface area contributed by atoms with Crippen molar-refractivity contribution in [2.45, 2.75) is 30.9 Å². The maximum absolute atomic E-state index is 13.4. The van der Waals surface area contributed by atoms with Crippen molar-refractivity contribution >= 4 is 5.91 Å². The number of nitrogens with two attached hydrogens (primary N) is 2. The minimum absolute atomic E-state index is 0.172. The van der Waals surface area contributed by atoms with Crippen molar-refractivity contribution in [3.63, 3.8) is 0 Å². The first kappa shape index (κ1) is 12.8. The third-order valence-electron chi connectivity index (χ3n) is 3.18. The normalized spacial score (nSPS) is 27.2. The molecule has 1 amide bonds. The molecule has 0 radical (unpaired) electrons. The molecule has 2 atom stereocenters. The van der Waals surface area contributed by atoms with Gasteiger partial charge in [-0.2, -0.15) is 0 Å². The molecular formula is C12H14F2N2O2. The number of amides is 1. The number of hydrogen-bond donors (Lipinski definition) is 2. The summed E-state index contributed by atoms with van der Waals surface area (Å²) >= 11 is 0. The number of carbonyl (C=O) groups is 1. The van der Waals surface area contributed by atoms with Crippen LogP contribution in [0.5, 0.6) is 5.75 Å². The van der Waals surface area contributed by atoms with Gasteiger partial charge in [0.15, 0.2) is 11.6 Å². The van der Waals surface area contributed by atoms with Crippen molar-refractivity contribution in [2.75, 3.05) is 0 Å². The average molecular weight is 256 g/mol. The Kier molecular flexibility index (Phi) is 3.21. The van der Waals surface area contributed by atoms with E-state index in [9.17, 15) is 13.6 Å². The number of hydrogen-bond acceptors (Lipinski definition) is 3. The van der Waals surface area contributed by atoms with Crippen LogP contribution in [0.15, 0.2) is 18.2 Å². The molecule has 0 bridgehead atoms. The van der Waals surface area contributed by atoms with Crippen LogP contribution >= 0.6 is 0 Å². The maximum Gasteiger partial charge on any atom is 0.237 e. The van der Waals surface area contributed by atoms with Crippen LogP contribution in [0.2, 0.25) is 0 Å². The lowest BCUT2D eigenvalue weighted by atomic mass is 9.99. The Morgan fingerprint density at radius 3 is 2.78 bits per heavy atom. The molecule has 4 N–H and O–H groups in total. The van der Waals surface area contributed by atoms with E-state index in [1.807, 2.05) is 0 Å². The van der Waals surface area contributed by atoms with Crippen molar-refractivity contribution < 1.29 is 18.3 Å². The second kappa shape index (κ2) is 4.53. The average Bonchev–Trinajstić information content (AvgIpc) is 2.67. The zero-order chi connectivity index (χ0) is 13.3. The Labute approximate surface area is 103 Å². The second-order valence-electron chi connectivity index (χ2n) is 4.58. The first-order valence-corrected chi connectivity index (χ1v) is 5.61. The summed E-state index contributed by atoms with van der Waals surface area (Å²) in [6, 6.07) is 2.97. The smallest absolute Gasteiger partial charge is 0.237 e. The topological polar surface area (TPSA) is 78.3 Å². The molecule has 0 heterocycles. The van der Waals surface area contributed by atoms with Crippen LogP contribution in [-0.2, 0) is 4.79 Å². The molecule has 1 aliphatic carbocycles. The first-order chi connectivity index (χ1) is 8.40. The van der Waals surface area contributed by atoms with Crippen molar-refractivity contribution in [3.05, 3.63) is 29.8 Å². The number of benzene rings is 1. The fraction of sp³-hybridized carbons (Fsp3) is 0.417. The molecule has 1 aromatic carbocycles. The van der Waals surface area contributed by atoms with Gasteiger partial charge < -0.3 is 16.2 Å². The van der Waals surface area contributed by atoms with Gasteiger partial charge in [0, 0.05) is 12.5 Å². The highest BCUT2D eigenvalue weighted by Gasteiger charge is 2.41. The van der Waals surface area contributed by atoms with Crippen molar-refractivity contribution in [2.24, 2.45) is 11.5 Å². The number of primary amides is 1. The Morgan fingerprint density at radius 1 is 1.44 bits per heavy atom. The summed E-state index contributed by atoms with van der Waals surface area (Å²) < 4.78 is 31.6. The molecule has 0 saturated heterocycles. The van der Waals surface area contributed by atoms with Gasteiger partial charge in [0.05, 0.1) is 5.54 Å². The predicted molar refractivity (Wildman–Crippen MR) is 60.7 cm³/mol. The van der Waals surface area contributed by atoms with Crippen LogP contribution in [0.1, 0.15) is 19.3 Å². The number of halogens is 2. The summed E-state index contributed by atoms with van der Waals surface area (Å²) in [4.78, 5) is 11.1. The molecule has 0 aliphatic heterocycles. The van der Waals surface area contributed by atoms with E-state index in [0.29, 0.717) is 12.8 Å². The fourth-order valence-electron chi connectivity index (χ4n) is 2.10. The van der Waals surface area contributed by atoms with Gasteiger partial charge >= 0.3 is 0 Å². The van der Waals surface area contributed by atoms with Gasteiger partial charge in [0.25, 0.3) is 0 Å². The Morgan fingerprint density at radius 2 is 2.17 bits per heavy atom. The Balaban J connectivity index is 2.08. The summed E-state index contributed by atoms with van der Waals surface area (Å²) in [5.41, 5.74) is 9.86. The van der Waals surface area contributed by atoms with Gasteiger partial charge in [0.2, 0.25) is 5.91 Å². The second-order valence-corrected chi connectivity index (χ2v) is 4.58. The molecule has 4 nitrogen and oxygen atoms in total. The molecule has 2 rings (SSSR count). The van der Waals surface area contributed by atoms with Crippen LogP contribution in [0.4, 0.5) is 8.78 Å². The van der Waals surface area contributed by atoms with E-state index in [1.165, 1.54) is 0 Å². The lowest BCUT2D eigenvalue weighted by Gasteiger charge is -2.20. The summed E-state index contributed by atoms with van der Waals surface area (Å²) in [5, 5.41) is 0. The zero-order valence-corrected chi connectivity index (χ0v) is 9.66. The largest absolute Gasteiger partial charge is 0.487 e. The summed E-state index contributed by atoms with van der Waals surface area (Å²) in [6.07, 6.45) is 0.635. The molecule has 6 heteroatoms. The summed E-state index contributed by atoms with van der Waals surface area (Å²) in [5.74, 6) is -2.01. The molecule has 0 spiro atoms. The van der Waals surface area contributed by atoms with Crippen molar-refractivity contribution in [1.82, 2.24) is 0 Å². The van der Waals surface area contributed by atoms with E-state index >= 15 is 0 Å². The Hall–Kier alpha value is -1.69. The van der Waals surface area contributed by atoms with Crippen LogP contribution < -0.4 is 16.2 Å². The third kappa shape index (κ3) is 2.43. The monoisotopic (exact) mass is 256 g/mol. The maximum atomic E-state index is 13.4. The first-order valence-electron chi connectivity index (χ1n) is 5.61. The lowest BCUT2D eigenvalue weighted by molar-refractivity contribution is -0.123. The van der Waals surface area contributed by atoms with Gasteiger partial charge in [0.1, 0.15) is 11.9 Å². The highest BCUT2D eigenvalue weighted by Crippen LogP contribution is 2.31. The zero-order valence-electron chi connectivity index (χ0n) is 9.66. The molecule has 1 saturated carbocycles. The van der Waals surface area contributed by atoms with Crippen molar-refractivity contribution in [3.8, 4) is 5.75 Å². The van der Waals surface area contributed by atoms with Crippen LogP contribution in [0, 0.1) is 11.6 Å². The summed E-state index contributed by atoms with van der Waals surface area (Å²) in [7, 11) is 0.